The summed E-state index contributed by atoms with van der Waals surface area (Å²) in [6.07, 6.45) is 8.62. The van der Waals surface area contributed by atoms with Crippen LogP contribution in [0.5, 0.6) is 0 Å². The maximum absolute atomic E-state index is 4.32. The molecule has 0 N–H and O–H groups in total. The van der Waals surface area contributed by atoms with Gasteiger partial charge in [0.1, 0.15) is 0 Å². The Morgan fingerprint density at radius 3 is 2.64 bits per heavy atom. The number of aromatic nitrogens is 4. The molecule has 0 aliphatic rings. The highest BCUT2D eigenvalue weighted by Crippen LogP contribution is 2.20. The Kier molecular flexibility index (Phi) is 4.59. The smallest absolute Gasteiger partial charge is 0.0830 e. The molecule has 2 heterocycles. The molecule has 2 aromatic heterocycles. The molecule has 0 aliphatic heterocycles. The second kappa shape index (κ2) is 6.98. The van der Waals surface area contributed by atoms with Crippen LogP contribution in [-0.2, 0) is 12.8 Å². The van der Waals surface area contributed by atoms with Crippen LogP contribution < -0.4 is 0 Å². The largest absolute Gasteiger partial charge is 0.264 e. The van der Waals surface area contributed by atoms with Crippen molar-refractivity contribution < 1.29 is 0 Å². The zero-order valence-corrected chi connectivity index (χ0v) is 12.8. The van der Waals surface area contributed by atoms with E-state index < -0.39 is 0 Å². The van der Waals surface area contributed by atoms with E-state index in [-0.39, 0.29) is 6.04 Å². The molecule has 1 aromatic carbocycles. The van der Waals surface area contributed by atoms with E-state index in [9.17, 15) is 0 Å². The molecule has 1 unspecified atom stereocenters. The Hall–Kier alpha value is -2.49. The summed E-state index contributed by atoms with van der Waals surface area (Å²) in [5, 5.41) is 8.63. The van der Waals surface area contributed by atoms with Crippen LogP contribution in [-0.4, -0.2) is 20.0 Å². The minimum absolute atomic E-state index is 0.201. The monoisotopic (exact) mass is 292 g/mol. The fourth-order valence-corrected chi connectivity index (χ4v) is 2.65. The van der Waals surface area contributed by atoms with Crippen LogP contribution in [0.15, 0.2) is 61.1 Å². The number of pyridine rings is 1. The molecule has 0 amide bonds. The number of aryl methyl sites for hydroxylation is 2. The molecular weight excluding hydrogens is 272 g/mol. The lowest BCUT2D eigenvalue weighted by molar-refractivity contribution is 0.492. The Morgan fingerprint density at radius 2 is 1.91 bits per heavy atom. The van der Waals surface area contributed by atoms with Gasteiger partial charge in [-0.1, -0.05) is 48.5 Å². The topological polar surface area (TPSA) is 43.6 Å². The molecule has 4 heteroatoms. The second-order valence-corrected chi connectivity index (χ2v) is 5.39. The maximum atomic E-state index is 4.32. The van der Waals surface area contributed by atoms with E-state index in [0.29, 0.717) is 0 Å². The third kappa shape index (κ3) is 3.39. The Labute approximate surface area is 130 Å². The van der Waals surface area contributed by atoms with E-state index in [1.165, 1.54) is 11.1 Å². The average molecular weight is 292 g/mol. The first-order valence-corrected chi connectivity index (χ1v) is 7.71. The first kappa shape index (κ1) is 14.4. The third-order valence-corrected chi connectivity index (χ3v) is 3.85. The summed E-state index contributed by atoms with van der Waals surface area (Å²) in [5.74, 6) is 0. The van der Waals surface area contributed by atoms with Gasteiger partial charge in [-0.3, -0.25) is 4.98 Å². The van der Waals surface area contributed by atoms with Gasteiger partial charge in [0.2, 0.25) is 0 Å². The summed E-state index contributed by atoms with van der Waals surface area (Å²) in [6.45, 7) is 2.16. The Balaban J connectivity index is 1.70. The molecule has 0 bridgehead atoms. The van der Waals surface area contributed by atoms with Crippen LogP contribution in [0.3, 0.4) is 0 Å². The minimum Gasteiger partial charge on any atom is -0.264 e. The second-order valence-electron chi connectivity index (χ2n) is 5.39. The molecule has 3 rings (SSSR count). The number of hydrogen-bond donors (Lipinski definition) is 0. The molecule has 0 saturated carbocycles. The number of benzene rings is 1. The van der Waals surface area contributed by atoms with Crippen LogP contribution >= 0.6 is 0 Å². The van der Waals surface area contributed by atoms with Gasteiger partial charge in [-0.15, -0.1) is 5.10 Å². The van der Waals surface area contributed by atoms with Crippen molar-refractivity contribution in [1.29, 1.82) is 0 Å². The van der Waals surface area contributed by atoms with E-state index in [1.54, 1.807) is 6.20 Å². The van der Waals surface area contributed by atoms with Crippen molar-refractivity contribution in [2.75, 3.05) is 0 Å². The molecule has 0 radical (unpaired) electrons. The van der Waals surface area contributed by atoms with Crippen molar-refractivity contribution >= 4 is 0 Å². The fraction of sp³-hybridized carbons (Fsp3) is 0.278. The van der Waals surface area contributed by atoms with Gasteiger partial charge in [0.05, 0.1) is 11.7 Å². The highest BCUT2D eigenvalue weighted by atomic mass is 15.4. The van der Waals surface area contributed by atoms with E-state index in [4.69, 9.17) is 0 Å². The van der Waals surface area contributed by atoms with Gasteiger partial charge >= 0.3 is 0 Å². The quantitative estimate of drug-likeness (QED) is 0.699. The third-order valence-electron chi connectivity index (χ3n) is 3.85. The molecule has 0 aliphatic carbocycles. The number of nitrogens with zero attached hydrogens (tertiary/aromatic N) is 4. The van der Waals surface area contributed by atoms with Crippen LogP contribution in [0, 0.1) is 0 Å². The zero-order valence-electron chi connectivity index (χ0n) is 12.8. The van der Waals surface area contributed by atoms with Crippen molar-refractivity contribution in [1.82, 2.24) is 20.0 Å². The summed E-state index contributed by atoms with van der Waals surface area (Å²) in [7, 11) is 0. The first-order chi connectivity index (χ1) is 10.9. The zero-order chi connectivity index (χ0) is 15.2. The molecular formula is C18H20N4. The van der Waals surface area contributed by atoms with Gasteiger partial charge in [-0.05, 0) is 36.5 Å². The molecule has 1 atom stereocenters. The SMILES string of the molecule is CCC(c1cccnc1)n1cc(CCc2ccccc2)nn1. The van der Waals surface area contributed by atoms with E-state index >= 15 is 0 Å². The predicted molar refractivity (Wildman–Crippen MR) is 86.5 cm³/mol. The van der Waals surface area contributed by atoms with Crippen LogP contribution in [0.1, 0.15) is 36.2 Å². The number of hydrogen-bond acceptors (Lipinski definition) is 3. The molecule has 0 saturated heterocycles. The molecule has 0 spiro atoms. The summed E-state index contributed by atoms with van der Waals surface area (Å²) in [4.78, 5) is 4.20. The van der Waals surface area contributed by atoms with Crippen molar-refractivity contribution in [2.45, 2.75) is 32.2 Å². The van der Waals surface area contributed by atoms with Crippen molar-refractivity contribution in [3.63, 3.8) is 0 Å². The Bertz CT molecular complexity index is 691. The van der Waals surface area contributed by atoms with Gasteiger partial charge in [0.15, 0.2) is 0 Å². The molecule has 4 nitrogen and oxygen atoms in total. The van der Waals surface area contributed by atoms with Gasteiger partial charge < -0.3 is 0 Å². The van der Waals surface area contributed by atoms with Crippen molar-refractivity contribution in [3.05, 3.63) is 77.9 Å². The summed E-state index contributed by atoms with van der Waals surface area (Å²) < 4.78 is 1.96. The standard InChI is InChI=1S/C18H20N4/c1-2-18(16-9-6-12-19-13-16)22-14-17(20-21-22)11-10-15-7-4-3-5-8-15/h3-9,12-14,18H,2,10-11H2,1H3. The lowest BCUT2D eigenvalue weighted by Gasteiger charge is -2.14. The fourth-order valence-electron chi connectivity index (χ4n) is 2.65. The van der Waals surface area contributed by atoms with Crippen LogP contribution in [0.4, 0.5) is 0 Å². The predicted octanol–water partition coefficient (Wildman–Crippen LogP) is 3.46. The summed E-state index contributed by atoms with van der Waals surface area (Å²) >= 11 is 0. The molecule has 112 valence electrons. The minimum atomic E-state index is 0.201. The lowest BCUT2D eigenvalue weighted by atomic mass is 10.1. The molecule has 22 heavy (non-hydrogen) atoms. The summed E-state index contributed by atoms with van der Waals surface area (Å²) in [6, 6.07) is 14.7. The molecule has 0 fully saturated rings. The normalized spacial score (nSPS) is 12.2. The van der Waals surface area contributed by atoms with Crippen molar-refractivity contribution in [2.24, 2.45) is 0 Å². The summed E-state index contributed by atoms with van der Waals surface area (Å²) in [5.41, 5.74) is 3.53. The molecule has 3 aromatic rings. The van der Waals surface area contributed by atoms with Gasteiger partial charge in [0.25, 0.3) is 0 Å². The first-order valence-electron chi connectivity index (χ1n) is 7.71. The van der Waals surface area contributed by atoms with Gasteiger partial charge in [-0.2, -0.15) is 0 Å². The van der Waals surface area contributed by atoms with Crippen LogP contribution in [0.25, 0.3) is 0 Å². The number of rotatable bonds is 6. The van der Waals surface area contributed by atoms with Crippen LogP contribution in [0.2, 0.25) is 0 Å². The highest BCUT2D eigenvalue weighted by molar-refractivity contribution is 5.17. The van der Waals surface area contributed by atoms with E-state index in [0.717, 1.165) is 25.0 Å². The van der Waals surface area contributed by atoms with Gasteiger partial charge in [-0.25, -0.2) is 4.68 Å². The Morgan fingerprint density at radius 1 is 1.05 bits per heavy atom. The van der Waals surface area contributed by atoms with E-state index in [2.05, 4.69) is 58.7 Å². The van der Waals surface area contributed by atoms with E-state index in [1.807, 2.05) is 23.0 Å². The highest BCUT2D eigenvalue weighted by Gasteiger charge is 2.13. The maximum Gasteiger partial charge on any atom is 0.0830 e. The van der Waals surface area contributed by atoms with Gasteiger partial charge in [0, 0.05) is 18.6 Å². The van der Waals surface area contributed by atoms with Crippen molar-refractivity contribution in [3.8, 4) is 0 Å². The lowest BCUT2D eigenvalue weighted by Crippen LogP contribution is -2.10. The average Bonchev–Trinajstić information content (AvgIpc) is 3.04.